The lowest BCUT2D eigenvalue weighted by atomic mass is 10.4. The summed E-state index contributed by atoms with van der Waals surface area (Å²) in [6.07, 6.45) is 0. The first-order chi connectivity index (χ1) is 7.60. The molecule has 1 atom stereocenters. The van der Waals surface area contributed by atoms with Gasteiger partial charge in [0, 0.05) is 20.2 Å². The first-order valence-electron chi connectivity index (χ1n) is 5.05. The maximum absolute atomic E-state index is 11.8. The van der Waals surface area contributed by atoms with Gasteiger partial charge in [0.05, 0.1) is 32.5 Å². The van der Waals surface area contributed by atoms with Crippen molar-refractivity contribution in [2.45, 2.75) is 6.04 Å². The Balaban J connectivity index is 2.54. The van der Waals surface area contributed by atoms with Gasteiger partial charge in [0.15, 0.2) is 0 Å². The van der Waals surface area contributed by atoms with Crippen molar-refractivity contribution < 1.29 is 23.0 Å². The minimum absolute atomic E-state index is 0.139. The summed E-state index contributed by atoms with van der Waals surface area (Å²) in [6, 6.07) is -0.613. The number of morpholine rings is 1. The Labute approximate surface area is 95.5 Å². The van der Waals surface area contributed by atoms with Gasteiger partial charge in [-0.1, -0.05) is 0 Å². The second-order valence-electron chi connectivity index (χ2n) is 3.47. The van der Waals surface area contributed by atoms with Crippen LogP contribution in [0.4, 0.5) is 0 Å². The summed E-state index contributed by atoms with van der Waals surface area (Å²) in [7, 11) is -2.10. The molecule has 1 fully saturated rings. The van der Waals surface area contributed by atoms with Crippen LogP contribution in [0.1, 0.15) is 0 Å². The maximum atomic E-state index is 11.8. The monoisotopic (exact) mass is 254 g/mol. The molecule has 0 spiro atoms. The number of ether oxygens (including phenoxy) is 2. The van der Waals surface area contributed by atoms with E-state index >= 15 is 0 Å². The van der Waals surface area contributed by atoms with Crippen molar-refractivity contribution in [2.24, 2.45) is 0 Å². The minimum Gasteiger partial charge on any atom is -0.395 e. The highest BCUT2D eigenvalue weighted by Gasteiger charge is 2.26. The molecule has 1 heterocycles. The quantitative estimate of drug-likeness (QED) is 0.581. The maximum Gasteiger partial charge on any atom is 0.280 e. The first kappa shape index (κ1) is 13.8. The molecular weight excluding hydrogens is 236 g/mol. The Kier molecular flexibility index (Phi) is 5.59. The van der Waals surface area contributed by atoms with E-state index < -0.39 is 16.3 Å². The van der Waals surface area contributed by atoms with Crippen LogP contribution in [0.2, 0.25) is 0 Å². The summed E-state index contributed by atoms with van der Waals surface area (Å²) in [5, 5.41) is 8.97. The third kappa shape index (κ3) is 3.96. The van der Waals surface area contributed by atoms with E-state index in [0.717, 1.165) is 0 Å². The lowest BCUT2D eigenvalue weighted by Crippen LogP contribution is -2.51. The standard InChI is InChI=1S/C8H18N2O5S/c1-14-7-8(6-11)9-16(12,13)10-2-4-15-5-3-10/h8-9,11H,2-7H2,1H3. The van der Waals surface area contributed by atoms with Crippen molar-refractivity contribution in [3.8, 4) is 0 Å². The van der Waals surface area contributed by atoms with Crippen molar-refractivity contribution >= 4 is 10.2 Å². The van der Waals surface area contributed by atoms with Crippen LogP contribution in [0, 0.1) is 0 Å². The molecule has 0 aromatic heterocycles. The Morgan fingerprint density at radius 3 is 2.62 bits per heavy atom. The van der Waals surface area contributed by atoms with Gasteiger partial charge in [0.2, 0.25) is 0 Å². The van der Waals surface area contributed by atoms with E-state index in [2.05, 4.69) is 4.72 Å². The summed E-state index contributed by atoms with van der Waals surface area (Å²) >= 11 is 0. The highest BCUT2D eigenvalue weighted by Crippen LogP contribution is 2.03. The van der Waals surface area contributed by atoms with Gasteiger partial charge in [0.25, 0.3) is 10.2 Å². The Bertz CT molecular complexity index is 289. The third-order valence-corrected chi connectivity index (χ3v) is 3.89. The second kappa shape index (κ2) is 6.48. The number of hydrogen-bond donors (Lipinski definition) is 2. The van der Waals surface area contributed by atoms with Crippen molar-refractivity contribution in [3.05, 3.63) is 0 Å². The highest BCUT2D eigenvalue weighted by molar-refractivity contribution is 7.87. The topological polar surface area (TPSA) is 88.1 Å². The van der Waals surface area contributed by atoms with Gasteiger partial charge < -0.3 is 14.6 Å². The van der Waals surface area contributed by atoms with Crippen LogP contribution in [0.3, 0.4) is 0 Å². The zero-order valence-corrected chi connectivity index (χ0v) is 10.1. The van der Waals surface area contributed by atoms with Gasteiger partial charge in [0.1, 0.15) is 0 Å². The number of aliphatic hydroxyl groups is 1. The lowest BCUT2D eigenvalue weighted by molar-refractivity contribution is 0.0714. The molecule has 1 unspecified atom stereocenters. The number of rotatable bonds is 6. The highest BCUT2D eigenvalue weighted by atomic mass is 32.2. The van der Waals surface area contributed by atoms with Crippen molar-refractivity contribution in [3.63, 3.8) is 0 Å². The van der Waals surface area contributed by atoms with Gasteiger partial charge in [-0.25, -0.2) is 0 Å². The van der Waals surface area contributed by atoms with Crippen molar-refractivity contribution in [2.75, 3.05) is 46.6 Å². The molecule has 1 saturated heterocycles. The number of aliphatic hydroxyl groups excluding tert-OH is 1. The van der Waals surface area contributed by atoms with Crippen LogP contribution in [0.25, 0.3) is 0 Å². The second-order valence-corrected chi connectivity index (χ2v) is 5.17. The SMILES string of the molecule is COCC(CO)NS(=O)(=O)N1CCOCC1. The Morgan fingerprint density at radius 2 is 2.12 bits per heavy atom. The zero-order chi connectivity index (χ0) is 12.0. The first-order valence-corrected chi connectivity index (χ1v) is 6.49. The van der Waals surface area contributed by atoms with E-state index in [1.807, 2.05) is 0 Å². The molecule has 1 rings (SSSR count). The molecule has 8 heteroatoms. The van der Waals surface area contributed by atoms with Gasteiger partial charge in [-0.3, -0.25) is 0 Å². The zero-order valence-electron chi connectivity index (χ0n) is 9.26. The van der Waals surface area contributed by atoms with Crippen LogP contribution in [-0.4, -0.2) is 70.5 Å². The fraction of sp³-hybridized carbons (Fsp3) is 1.00. The molecular formula is C8H18N2O5S. The molecule has 0 aromatic rings. The summed E-state index contributed by atoms with van der Waals surface area (Å²) in [6.45, 7) is 1.31. The van der Waals surface area contributed by atoms with Crippen LogP contribution >= 0.6 is 0 Å². The Hall–Kier alpha value is -0.250. The van der Waals surface area contributed by atoms with E-state index in [0.29, 0.717) is 26.3 Å². The molecule has 16 heavy (non-hydrogen) atoms. The fourth-order valence-electron chi connectivity index (χ4n) is 1.40. The van der Waals surface area contributed by atoms with Crippen LogP contribution in [-0.2, 0) is 19.7 Å². The fourth-order valence-corrected chi connectivity index (χ4v) is 2.74. The molecule has 0 bridgehead atoms. The molecule has 2 N–H and O–H groups in total. The van der Waals surface area contributed by atoms with Gasteiger partial charge in [-0.05, 0) is 0 Å². The number of methoxy groups -OCH3 is 1. The van der Waals surface area contributed by atoms with Crippen molar-refractivity contribution in [1.82, 2.24) is 9.03 Å². The predicted molar refractivity (Wildman–Crippen MR) is 57.2 cm³/mol. The number of hydrogen-bond acceptors (Lipinski definition) is 5. The van der Waals surface area contributed by atoms with Crippen LogP contribution < -0.4 is 4.72 Å². The third-order valence-electron chi connectivity index (χ3n) is 2.21. The van der Waals surface area contributed by atoms with E-state index in [-0.39, 0.29) is 13.2 Å². The Morgan fingerprint density at radius 1 is 1.50 bits per heavy atom. The summed E-state index contributed by atoms with van der Waals surface area (Å²) in [5.74, 6) is 0. The average molecular weight is 254 g/mol. The predicted octanol–water partition coefficient (Wildman–Crippen LogP) is -1.84. The molecule has 96 valence electrons. The minimum atomic E-state index is -3.55. The van der Waals surface area contributed by atoms with E-state index in [4.69, 9.17) is 14.6 Å². The van der Waals surface area contributed by atoms with Gasteiger partial charge >= 0.3 is 0 Å². The molecule has 0 amide bonds. The molecule has 1 aliphatic rings. The lowest BCUT2D eigenvalue weighted by Gasteiger charge is -2.27. The normalized spacial score (nSPS) is 20.9. The molecule has 7 nitrogen and oxygen atoms in total. The van der Waals surface area contributed by atoms with E-state index in [1.54, 1.807) is 0 Å². The van der Waals surface area contributed by atoms with Gasteiger partial charge in [-0.15, -0.1) is 0 Å². The number of nitrogens with zero attached hydrogens (tertiary/aromatic N) is 1. The van der Waals surface area contributed by atoms with E-state index in [1.165, 1.54) is 11.4 Å². The van der Waals surface area contributed by atoms with E-state index in [9.17, 15) is 8.42 Å². The summed E-state index contributed by atoms with van der Waals surface area (Å²) < 4.78 is 37.2. The molecule has 1 aliphatic heterocycles. The average Bonchev–Trinajstić information content (AvgIpc) is 2.29. The van der Waals surface area contributed by atoms with Crippen LogP contribution in [0.15, 0.2) is 0 Å². The van der Waals surface area contributed by atoms with Crippen LogP contribution in [0.5, 0.6) is 0 Å². The number of nitrogens with one attached hydrogen (secondary N) is 1. The largest absolute Gasteiger partial charge is 0.395 e. The van der Waals surface area contributed by atoms with Gasteiger partial charge in [-0.2, -0.15) is 17.4 Å². The molecule has 0 radical (unpaired) electrons. The smallest absolute Gasteiger partial charge is 0.280 e. The van der Waals surface area contributed by atoms with Crippen molar-refractivity contribution in [1.29, 1.82) is 0 Å². The summed E-state index contributed by atoms with van der Waals surface area (Å²) in [5.41, 5.74) is 0. The molecule has 0 aromatic carbocycles. The molecule has 0 saturated carbocycles. The molecule has 0 aliphatic carbocycles. The summed E-state index contributed by atoms with van der Waals surface area (Å²) in [4.78, 5) is 0.